The van der Waals surface area contributed by atoms with E-state index in [0.29, 0.717) is 32.1 Å². The lowest BCUT2D eigenvalue weighted by atomic mass is 10.2. The van der Waals surface area contributed by atoms with Crippen LogP contribution in [0, 0.1) is 0 Å². The van der Waals surface area contributed by atoms with Gasteiger partial charge in [-0.15, -0.1) is 0 Å². The number of fused-ring (bicyclic) bond motifs is 1. The van der Waals surface area contributed by atoms with Gasteiger partial charge in [-0.1, -0.05) is 6.07 Å². The van der Waals surface area contributed by atoms with Crippen LogP contribution in [0.5, 0.6) is 23.0 Å². The van der Waals surface area contributed by atoms with E-state index in [1.165, 1.54) is 6.07 Å². The summed E-state index contributed by atoms with van der Waals surface area (Å²) in [6.07, 6.45) is 0. The van der Waals surface area contributed by atoms with Crippen molar-refractivity contribution in [1.29, 1.82) is 0 Å². The van der Waals surface area contributed by atoms with E-state index in [0.717, 1.165) is 30.3 Å². The minimum atomic E-state index is -0.0554. The number of carbonyl (C=O) groups excluding carboxylic acids is 1. The van der Waals surface area contributed by atoms with Crippen LogP contribution < -0.4 is 19.1 Å². The Morgan fingerprint density at radius 3 is 2.56 bits per heavy atom. The van der Waals surface area contributed by atoms with Gasteiger partial charge in [0.05, 0.1) is 0 Å². The predicted octanol–water partition coefficient (Wildman–Crippen LogP) is 1.89. The molecule has 142 valence electrons. The molecular weight excluding hydrogens is 348 g/mol. The maximum Gasteiger partial charge on any atom is 0.260 e. The molecule has 0 radical (unpaired) electrons. The fourth-order valence-corrected chi connectivity index (χ4v) is 3.25. The molecule has 1 saturated heterocycles. The van der Waals surface area contributed by atoms with E-state index in [4.69, 9.17) is 14.2 Å². The number of nitrogens with zero attached hydrogens (tertiary/aromatic N) is 2. The fourth-order valence-electron chi connectivity index (χ4n) is 3.25. The lowest BCUT2D eigenvalue weighted by Gasteiger charge is -2.36. The molecule has 0 atom stereocenters. The zero-order valence-electron chi connectivity index (χ0n) is 15.0. The maximum atomic E-state index is 12.4. The molecule has 0 unspecified atom stereocenters. The first-order chi connectivity index (χ1) is 13.2. The lowest BCUT2D eigenvalue weighted by Crippen LogP contribution is -2.50. The van der Waals surface area contributed by atoms with E-state index >= 15 is 0 Å². The molecule has 2 aliphatic rings. The topological polar surface area (TPSA) is 71.5 Å². The van der Waals surface area contributed by atoms with Crippen LogP contribution in [0.4, 0.5) is 5.69 Å². The number of anilines is 1. The summed E-state index contributed by atoms with van der Waals surface area (Å²) < 4.78 is 16.7. The number of piperazine rings is 1. The fraction of sp³-hybridized carbons (Fsp3) is 0.350. The minimum absolute atomic E-state index is 0.0342. The number of hydrogen-bond acceptors (Lipinski definition) is 6. The molecule has 7 nitrogen and oxygen atoms in total. The summed E-state index contributed by atoms with van der Waals surface area (Å²) in [6.45, 7) is 3.88. The van der Waals surface area contributed by atoms with E-state index in [1.807, 2.05) is 18.2 Å². The Kier molecular flexibility index (Phi) is 4.91. The smallest absolute Gasteiger partial charge is 0.260 e. The Hall–Kier alpha value is -3.09. The molecule has 0 aliphatic carbocycles. The van der Waals surface area contributed by atoms with Crippen LogP contribution in [0.15, 0.2) is 42.5 Å². The first kappa shape index (κ1) is 17.3. The molecule has 2 aromatic carbocycles. The van der Waals surface area contributed by atoms with Crippen molar-refractivity contribution in [3.8, 4) is 23.0 Å². The Morgan fingerprint density at radius 2 is 1.78 bits per heavy atom. The van der Waals surface area contributed by atoms with E-state index < -0.39 is 0 Å². The second-order valence-corrected chi connectivity index (χ2v) is 6.48. The Balaban J connectivity index is 1.30. The molecule has 2 aliphatic heterocycles. The van der Waals surface area contributed by atoms with E-state index in [1.54, 1.807) is 23.1 Å². The predicted molar refractivity (Wildman–Crippen MR) is 99.8 cm³/mol. The van der Waals surface area contributed by atoms with E-state index in [-0.39, 0.29) is 18.3 Å². The van der Waals surface area contributed by atoms with Crippen LogP contribution in [0.2, 0.25) is 0 Å². The number of aromatic hydroxyl groups is 1. The van der Waals surface area contributed by atoms with Crippen molar-refractivity contribution in [2.24, 2.45) is 0 Å². The molecule has 2 aromatic rings. The number of phenolic OH excluding ortho intramolecular Hbond substituents is 1. The van der Waals surface area contributed by atoms with Crippen molar-refractivity contribution in [3.05, 3.63) is 42.5 Å². The van der Waals surface area contributed by atoms with Crippen LogP contribution in [0.3, 0.4) is 0 Å². The normalized spacial score (nSPS) is 16.1. The summed E-state index contributed by atoms with van der Waals surface area (Å²) in [5, 5.41) is 9.44. The minimum Gasteiger partial charge on any atom is -0.508 e. The number of ether oxygens (including phenoxy) is 3. The van der Waals surface area contributed by atoms with Crippen molar-refractivity contribution in [2.75, 3.05) is 50.9 Å². The number of amides is 1. The first-order valence-corrected chi connectivity index (χ1v) is 9.03. The zero-order valence-corrected chi connectivity index (χ0v) is 15.0. The second-order valence-electron chi connectivity index (χ2n) is 6.48. The standard InChI is InChI=1S/C20H22N2O5/c23-16-2-1-3-17(13-16)27-14-20(24)22-8-6-21(7-9-22)15-4-5-18-19(12-15)26-11-10-25-18/h1-5,12-13,23H,6-11,14H2. The molecule has 2 heterocycles. The summed E-state index contributed by atoms with van der Waals surface area (Å²) in [6, 6.07) is 12.4. The molecule has 0 spiro atoms. The average Bonchev–Trinajstić information content (AvgIpc) is 2.72. The van der Waals surface area contributed by atoms with Crippen molar-refractivity contribution in [2.45, 2.75) is 0 Å². The van der Waals surface area contributed by atoms with Crippen molar-refractivity contribution in [1.82, 2.24) is 4.90 Å². The highest BCUT2D eigenvalue weighted by molar-refractivity contribution is 5.78. The number of rotatable bonds is 4. The van der Waals surface area contributed by atoms with Gasteiger partial charge in [-0.05, 0) is 24.3 Å². The van der Waals surface area contributed by atoms with Crippen molar-refractivity contribution in [3.63, 3.8) is 0 Å². The summed E-state index contributed by atoms with van der Waals surface area (Å²) in [4.78, 5) is 16.4. The van der Waals surface area contributed by atoms with Gasteiger partial charge in [-0.25, -0.2) is 0 Å². The summed E-state index contributed by atoms with van der Waals surface area (Å²) in [7, 11) is 0. The number of phenols is 1. The molecular formula is C20H22N2O5. The molecule has 0 bridgehead atoms. The zero-order chi connectivity index (χ0) is 18.6. The van der Waals surface area contributed by atoms with Gasteiger partial charge in [0.15, 0.2) is 18.1 Å². The van der Waals surface area contributed by atoms with Gasteiger partial charge in [-0.3, -0.25) is 4.79 Å². The SMILES string of the molecule is O=C(COc1cccc(O)c1)N1CCN(c2ccc3c(c2)OCCO3)CC1. The lowest BCUT2D eigenvalue weighted by molar-refractivity contribution is -0.133. The maximum absolute atomic E-state index is 12.4. The summed E-state index contributed by atoms with van der Waals surface area (Å²) in [5.74, 6) is 2.10. The van der Waals surface area contributed by atoms with Crippen molar-refractivity contribution >= 4 is 11.6 Å². The highest BCUT2D eigenvalue weighted by Gasteiger charge is 2.23. The van der Waals surface area contributed by atoms with Crippen molar-refractivity contribution < 1.29 is 24.1 Å². The van der Waals surface area contributed by atoms with Crippen LogP contribution in [0.1, 0.15) is 0 Å². The van der Waals surface area contributed by atoms with Crippen LogP contribution in [-0.2, 0) is 4.79 Å². The van der Waals surface area contributed by atoms with Crippen LogP contribution in [0.25, 0.3) is 0 Å². The highest BCUT2D eigenvalue weighted by atomic mass is 16.6. The molecule has 4 rings (SSSR count). The number of benzene rings is 2. The first-order valence-electron chi connectivity index (χ1n) is 9.03. The largest absolute Gasteiger partial charge is 0.508 e. The highest BCUT2D eigenvalue weighted by Crippen LogP contribution is 2.34. The average molecular weight is 370 g/mol. The van der Waals surface area contributed by atoms with Gasteiger partial charge in [0.2, 0.25) is 0 Å². The molecule has 1 N–H and O–H groups in total. The number of carbonyl (C=O) groups is 1. The third-order valence-electron chi connectivity index (χ3n) is 4.70. The summed E-state index contributed by atoms with van der Waals surface area (Å²) in [5.41, 5.74) is 1.07. The molecule has 1 fully saturated rings. The monoisotopic (exact) mass is 370 g/mol. The third kappa shape index (κ3) is 4.02. The van der Waals surface area contributed by atoms with Gasteiger partial charge in [0.25, 0.3) is 5.91 Å². The van der Waals surface area contributed by atoms with Gasteiger partial charge < -0.3 is 29.1 Å². The third-order valence-corrected chi connectivity index (χ3v) is 4.70. The van der Waals surface area contributed by atoms with E-state index in [2.05, 4.69) is 4.90 Å². The van der Waals surface area contributed by atoms with E-state index in [9.17, 15) is 9.90 Å². The number of hydrogen-bond donors (Lipinski definition) is 1. The quantitative estimate of drug-likeness (QED) is 0.886. The Bertz CT molecular complexity index is 818. The molecule has 0 aromatic heterocycles. The molecule has 27 heavy (non-hydrogen) atoms. The van der Waals surface area contributed by atoms with Gasteiger partial charge in [0.1, 0.15) is 24.7 Å². The van der Waals surface area contributed by atoms with Gasteiger partial charge >= 0.3 is 0 Å². The van der Waals surface area contributed by atoms with Crippen LogP contribution in [-0.4, -0.2) is 61.9 Å². The van der Waals surface area contributed by atoms with Crippen LogP contribution >= 0.6 is 0 Å². The Labute approximate surface area is 157 Å². The molecule has 1 amide bonds. The van der Waals surface area contributed by atoms with Gasteiger partial charge in [0, 0.05) is 44.0 Å². The summed E-state index contributed by atoms with van der Waals surface area (Å²) >= 11 is 0. The molecule has 7 heteroatoms. The van der Waals surface area contributed by atoms with Gasteiger partial charge in [-0.2, -0.15) is 0 Å². The second kappa shape index (κ2) is 7.65. The Morgan fingerprint density at radius 1 is 1.00 bits per heavy atom. The molecule has 0 saturated carbocycles.